The smallest absolute Gasteiger partial charge is 0.305 e. The number of nitrogens with zero attached hydrogens (tertiary/aromatic N) is 5. The van der Waals surface area contributed by atoms with Crippen molar-refractivity contribution in [1.82, 2.24) is 24.5 Å². The second-order valence-corrected chi connectivity index (χ2v) is 5.75. The highest BCUT2D eigenvalue weighted by atomic mass is 35.5. The molecule has 9 heteroatoms. The molecule has 1 saturated carbocycles. The first kappa shape index (κ1) is 14.4. The van der Waals surface area contributed by atoms with Gasteiger partial charge in [0.15, 0.2) is 11.3 Å². The molecule has 1 aliphatic carbocycles. The van der Waals surface area contributed by atoms with Crippen LogP contribution in [-0.4, -0.2) is 24.5 Å². The number of pyridine rings is 1. The SMILES string of the molecule is FC(F)(F)c1ncncc1-c1nc2cc(Cl)cnc2n1C1CC1. The van der Waals surface area contributed by atoms with Gasteiger partial charge in [-0.05, 0) is 18.9 Å². The Morgan fingerprint density at radius 1 is 1.17 bits per heavy atom. The van der Waals surface area contributed by atoms with Gasteiger partial charge >= 0.3 is 6.18 Å². The molecule has 0 aromatic carbocycles. The highest BCUT2D eigenvalue weighted by Gasteiger charge is 2.38. The molecule has 1 aliphatic rings. The molecular formula is C14H9ClF3N5. The van der Waals surface area contributed by atoms with Crippen LogP contribution in [0.25, 0.3) is 22.6 Å². The highest BCUT2D eigenvalue weighted by Crippen LogP contribution is 2.43. The van der Waals surface area contributed by atoms with Gasteiger partial charge in [0.25, 0.3) is 0 Å². The average molecular weight is 340 g/mol. The molecule has 0 amide bonds. The van der Waals surface area contributed by atoms with E-state index in [0.29, 0.717) is 16.2 Å². The summed E-state index contributed by atoms with van der Waals surface area (Å²) in [6.45, 7) is 0. The lowest BCUT2D eigenvalue weighted by atomic mass is 10.2. The third-order valence-corrected chi connectivity index (χ3v) is 3.84. The first-order valence-corrected chi connectivity index (χ1v) is 7.24. The number of imidazole rings is 1. The maximum atomic E-state index is 13.2. The molecule has 5 nitrogen and oxygen atoms in total. The summed E-state index contributed by atoms with van der Waals surface area (Å²) in [5.74, 6) is 0.171. The van der Waals surface area contributed by atoms with Crippen molar-refractivity contribution >= 4 is 22.8 Å². The summed E-state index contributed by atoms with van der Waals surface area (Å²) >= 11 is 5.91. The molecular weight excluding hydrogens is 331 g/mol. The van der Waals surface area contributed by atoms with Crippen LogP contribution in [0.15, 0.2) is 24.8 Å². The van der Waals surface area contributed by atoms with Crippen LogP contribution in [0.1, 0.15) is 24.6 Å². The Morgan fingerprint density at radius 3 is 2.65 bits per heavy atom. The quantitative estimate of drug-likeness (QED) is 0.710. The van der Waals surface area contributed by atoms with E-state index in [9.17, 15) is 13.2 Å². The molecule has 3 aromatic rings. The van der Waals surface area contributed by atoms with E-state index >= 15 is 0 Å². The van der Waals surface area contributed by atoms with Crippen LogP contribution in [0.4, 0.5) is 13.2 Å². The molecule has 3 heterocycles. The number of halogens is 4. The molecule has 0 atom stereocenters. The summed E-state index contributed by atoms with van der Waals surface area (Å²) in [7, 11) is 0. The van der Waals surface area contributed by atoms with Crippen molar-refractivity contribution in [2.24, 2.45) is 0 Å². The maximum absolute atomic E-state index is 13.2. The first-order chi connectivity index (χ1) is 10.9. The van der Waals surface area contributed by atoms with Gasteiger partial charge in [0.1, 0.15) is 17.7 Å². The Kier molecular flexibility index (Phi) is 3.06. The normalized spacial score (nSPS) is 15.3. The van der Waals surface area contributed by atoms with Crippen molar-refractivity contribution < 1.29 is 13.2 Å². The largest absolute Gasteiger partial charge is 0.434 e. The topological polar surface area (TPSA) is 56.5 Å². The number of fused-ring (bicyclic) bond motifs is 1. The molecule has 0 saturated heterocycles. The summed E-state index contributed by atoms with van der Waals surface area (Å²) < 4.78 is 41.4. The van der Waals surface area contributed by atoms with Gasteiger partial charge in [0, 0.05) is 18.4 Å². The Morgan fingerprint density at radius 2 is 1.96 bits per heavy atom. The van der Waals surface area contributed by atoms with Crippen LogP contribution >= 0.6 is 11.6 Å². The Hall–Kier alpha value is -2.22. The predicted octanol–water partition coefficient (Wildman–Crippen LogP) is 3.90. The van der Waals surface area contributed by atoms with Gasteiger partial charge in [-0.3, -0.25) is 0 Å². The maximum Gasteiger partial charge on any atom is 0.434 e. The number of hydrogen-bond acceptors (Lipinski definition) is 4. The van der Waals surface area contributed by atoms with Gasteiger partial charge in [-0.25, -0.2) is 19.9 Å². The van der Waals surface area contributed by atoms with Gasteiger partial charge in [0.05, 0.1) is 10.6 Å². The van der Waals surface area contributed by atoms with E-state index in [2.05, 4.69) is 19.9 Å². The zero-order valence-electron chi connectivity index (χ0n) is 11.5. The zero-order chi connectivity index (χ0) is 16.2. The molecule has 4 rings (SSSR count). The van der Waals surface area contributed by atoms with Gasteiger partial charge in [-0.1, -0.05) is 11.6 Å². The predicted molar refractivity (Wildman–Crippen MR) is 76.8 cm³/mol. The summed E-state index contributed by atoms with van der Waals surface area (Å²) in [6.07, 6.45) is 0.634. The van der Waals surface area contributed by atoms with Gasteiger partial charge in [0.2, 0.25) is 0 Å². The summed E-state index contributed by atoms with van der Waals surface area (Å²) in [5.41, 5.74) is -0.183. The fraction of sp³-hybridized carbons (Fsp3) is 0.286. The number of rotatable bonds is 2. The number of aromatic nitrogens is 5. The van der Waals surface area contributed by atoms with Crippen LogP contribution < -0.4 is 0 Å². The second kappa shape index (κ2) is 4.89. The van der Waals surface area contributed by atoms with E-state index in [4.69, 9.17) is 11.6 Å². The third kappa shape index (κ3) is 2.42. The van der Waals surface area contributed by atoms with Gasteiger partial charge < -0.3 is 4.57 Å². The minimum atomic E-state index is -4.59. The Labute approximate surface area is 133 Å². The monoisotopic (exact) mass is 339 g/mol. The lowest BCUT2D eigenvalue weighted by molar-refractivity contribution is -0.140. The van der Waals surface area contributed by atoms with Crippen molar-refractivity contribution in [3.63, 3.8) is 0 Å². The molecule has 23 heavy (non-hydrogen) atoms. The highest BCUT2D eigenvalue weighted by molar-refractivity contribution is 6.31. The van der Waals surface area contributed by atoms with Crippen LogP contribution in [0.2, 0.25) is 5.02 Å². The van der Waals surface area contributed by atoms with Crippen LogP contribution in [0.3, 0.4) is 0 Å². The first-order valence-electron chi connectivity index (χ1n) is 6.86. The van der Waals surface area contributed by atoms with Crippen molar-refractivity contribution in [3.8, 4) is 11.4 Å². The molecule has 0 unspecified atom stereocenters. The summed E-state index contributed by atoms with van der Waals surface area (Å²) in [4.78, 5) is 15.7. The van der Waals surface area contributed by atoms with E-state index in [1.165, 1.54) is 6.20 Å². The lowest BCUT2D eigenvalue weighted by Gasteiger charge is -2.12. The minimum absolute atomic E-state index is 0.0879. The standard InChI is InChI=1S/C14H9ClF3N5/c15-7-3-10-13(20-4-7)23(8-1-2-8)12(22-10)9-5-19-6-21-11(9)14(16,17)18/h3-6,8H,1-2H2. The van der Waals surface area contributed by atoms with E-state index in [-0.39, 0.29) is 17.4 Å². The molecule has 1 fully saturated rings. The van der Waals surface area contributed by atoms with E-state index in [1.807, 2.05) is 0 Å². The van der Waals surface area contributed by atoms with E-state index in [1.54, 1.807) is 10.6 Å². The Balaban J connectivity index is 2.02. The molecule has 0 N–H and O–H groups in total. The summed E-state index contributed by atoms with van der Waals surface area (Å²) in [6, 6.07) is 1.67. The average Bonchev–Trinajstić information content (AvgIpc) is 3.27. The molecule has 0 spiro atoms. The van der Waals surface area contributed by atoms with E-state index < -0.39 is 11.9 Å². The van der Waals surface area contributed by atoms with Crippen molar-refractivity contribution in [3.05, 3.63) is 35.5 Å². The van der Waals surface area contributed by atoms with E-state index in [0.717, 1.165) is 25.4 Å². The minimum Gasteiger partial charge on any atom is -0.305 e. The van der Waals surface area contributed by atoms with Crippen molar-refractivity contribution in [2.45, 2.75) is 25.1 Å². The molecule has 3 aromatic heterocycles. The van der Waals surface area contributed by atoms with Gasteiger partial charge in [-0.2, -0.15) is 13.2 Å². The fourth-order valence-electron chi connectivity index (χ4n) is 2.55. The van der Waals surface area contributed by atoms with Crippen molar-refractivity contribution in [2.75, 3.05) is 0 Å². The molecule has 0 aliphatic heterocycles. The zero-order valence-corrected chi connectivity index (χ0v) is 12.3. The van der Waals surface area contributed by atoms with Crippen LogP contribution in [-0.2, 0) is 6.18 Å². The number of alkyl halides is 3. The van der Waals surface area contributed by atoms with Crippen LogP contribution in [0, 0.1) is 0 Å². The molecule has 0 radical (unpaired) electrons. The lowest BCUT2D eigenvalue weighted by Crippen LogP contribution is -2.12. The molecule has 0 bridgehead atoms. The fourth-order valence-corrected chi connectivity index (χ4v) is 2.70. The van der Waals surface area contributed by atoms with Gasteiger partial charge in [-0.15, -0.1) is 0 Å². The summed E-state index contributed by atoms with van der Waals surface area (Å²) in [5, 5.41) is 0.379. The van der Waals surface area contributed by atoms with Crippen molar-refractivity contribution in [1.29, 1.82) is 0 Å². The Bertz CT molecular complexity index is 901. The van der Waals surface area contributed by atoms with Crippen LogP contribution in [0.5, 0.6) is 0 Å². The molecule has 118 valence electrons. The number of hydrogen-bond donors (Lipinski definition) is 0. The third-order valence-electron chi connectivity index (χ3n) is 3.63. The second-order valence-electron chi connectivity index (χ2n) is 5.32.